The van der Waals surface area contributed by atoms with Gasteiger partial charge in [-0.2, -0.15) is 0 Å². The number of hydrogen-bond donors (Lipinski definition) is 3. The Hall–Kier alpha value is -1.50. The molecule has 0 bridgehead atoms. The molecule has 0 fully saturated rings. The van der Waals surface area contributed by atoms with Gasteiger partial charge in [-0.05, 0) is 32.2 Å². The van der Waals surface area contributed by atoms with Crippen LogP contribution in [0.3, 0.4) is 0 Å². The van der Waals surface area contributed by atoms with Crippen LogP contribution in [0.25, 0.3) is 0 Å². The molecule has 0 saturated heterocycles. The van der Waals surface area contributed by atoms with E-state index in [0.717, 1.165) is 0 Å². The van der Waals surface area contributed by atoms with E-state index in [1.165, 1.54) is 0 Å². The molecule has 0 aliphatic rings. The predicted molar refractivity (Wildman–Crippen MR) is 75.8 cm³/mol. The van der Waals surface area contributed by atoms with Crippen molar-refractivity contribution in [2.45, 2.75) is 13.0 Å². The first-order valence-corrected chi connectivity index (χ1v) is 6.24. The highest BCUT2D eigenvalue weighted by Crippen LogP contribution is 2.27. The highest BCUT2D eigenvalue weighted by atomic mass is 35.5. The van der Waals surface area contributed by atoms with E-state index < -0.39 is 11.9 Å². The van der Waals surface area contributed by atoms with Gasteiger partial charge in [0.05, 0.1) is 5.02 Å². The van der Waals surface area contributed by atoms with E-state index in [-0.39, 0.29) is 0 Å². The molecule has 1 atom stereocenters. The Morgan fingerprint density at radius 3 is 2.25 bits per heavy atom. The number of ether oxygens (including phenoxy) is 1. The Morgan fingerprint density at radius 1 is 1.30 bits per heavy atom. The molecule has 0 spiro atoms. The lowest BCUT2D eigenvalue weighted by atomic mass is 10.3. The number of benzene rings is 1. The number of rotatable bonds is 4. The maximum Gasteiger partial charge on any atom is 0.414 e. The van der Waals surface area contributed by atoms with Gasteiger partial charge < -0.3 is 20.3 Å². The molecule has 1 aromatic carbocycles. The van der Waals surface area contributed by atoms with Gasteiger partial charge in [0.25, 0.3) is 0 Å². The molecule has 0 aliphatic carbocycles. The summed E-state index contributed by atoms with van der Waals surface area (Å²) < 4.78 is 5.49. The van der Waals surface area contributed by atoms with Crippen LogP contribution in [0.1, 0.15) is 6.92 Å². The number of hydrogen-bond acceptors (Lipinski definition) is 4. The molecular weight excluding hydrogens is 309 g/mol. The third-order valence-electron chi connectivity index (χ3n) is 2.06. The number of aliphatic carboxylic acids is 2. The lowest BCUT2D eigenvalue weighted by molar-refractivity contribution is -0.159. The summed E-state index contributed by atoms with van der Waals surface area (Å²) in [4.78, 5) is 18.2. The maximum atomic E-state index is 9.10. The smallest absolute Gasteiger partial charge is 0.414 e. The van der Waals surface area contributed by atoms with E-state index in [1.807, 2.05) is 14.0 Å². The Morgan fingerprint density at radius 2 is 1.85 bits per heavy atom. The summed E-state index contributed by atoms with van der Waals surface area (Å²) in [6.45, 7) is 2.61. The van der Waals surface area contributed by atoms with Gasteiger partial charge in [-0.1, -0.05) is 23.2 Å². The zero-order valence-electron chi connectivity index (χ0n) is 10.9. The van der Waals surface area contributed by atoms with Crippen molar-refractivity contribution >= 4 is 35.1 Å². The van der Waals surface area contributed by atoms with E-state index in [4.69, 9.17) is 47.7 Å². The summed E-state index contributed by atoms with van der Waals surface area (Å²) in [6, 6.07) is 5.49. The molecule has 6 nitrogen and oxygen atoms in total. The lowest BCUT2D eigenvalue weighted by Gasteiger charge is -2.12. The zero-order valence-corrected chi connectivity index (χ0v) is 12.4. The third kappa shape index (κ3) is 7.83. The lowest BCUT2D eigenvalue weighted by Crippen LogP contribution is -2.28. The van der Waals surface area contributed by atoms with Crippen molar-refractivity contribution in [1.29, 1.82) is 0 Å². The van der Waals surface area contributed by atoms with Gasteiger partial charge in [0, 0.05) is 11.1 Å². The monoisotopic (exact) mass is 323 g/mol. The summed E-state index contributed by atoms with van der Waals surface area (Å²) in [5.41, 5.74) is 0. The standard InChI is InChI=1S/C10H13Cl2NO.C2H2O4/c1-7(13-2)6-14-10-4-3-8(11)5-9(10)12;3-1(4)2(5)6/h3-5,7,13H,6H2,1-2H3;(H,3,4)(H,5,6). The van der Waals surface area contributed by atoms with Crippen molar-refractivity contribution < 1.29 is 24.5 Å². The fourth-order valence-corrected chi connectivity index (χ4v) is 1.35. The number of carboxylic acid groups (broad SMARTS) is 2. The average molecular weight is 324 g/mol. The molecule has 0 aromatic heterocycles. The molecule has 8 heteroatoms. The molecule has 0 aliphatic heterocycles. The van der Waals surface area contributed by atoms with Crippen LogP contribution in [0.5, 0.6) is 5.75 Å². The van der Waals surface area contributed by atoms with Crippen LogP contribution < -0.4 is 10.1 Å². The van der Waals surface area contributed by atoms with Gasteiger partial charge in [-0.25, -0.2) is 9.59 Å². The van der Waals surface area contributed by atoms with Crippen LogP contribution in [-0.4, -0.2) is 41.8 Å². The summed E-state index contributed by atoms with van der Waals surface area (Å²) in [6.07, 6.45) is 0. The van der Waals surface area contributed by atoms with Gasteiger partial charge in [0.1, 0.15) is 12.4 Å². The van der Waals surface area contributed by atoms with Crippen LogP contribution in [0.4, 0.5) is 0 Å². The Balaban J connectivity index is 0.000000511. The summed E-state index contributed by atoms with van der Waals surface area (Å²) in [5, 5.41) is 19.0. The molecule has 1 rings (SSSR count). The number of carboxylic acids is 2. The molecule has 1 unspecified atom stereocenters. The van der Waals surface area contributed by atoms with Gasteiger partial charge in [0.2, 0.25) is 0 Å². The van der Waals surface area contributed by atoms with Crippen molar-refractivity contribution in [3.8, 4) is 5.75 Å². The first-order chi connectivity index (χ1) is 9.27. The van der Waals surface area contributed by atoms with E-state index in [1.54, 1.807) is 18.2 Å². The summed E-state index contributed by atoms with van der Waals surface area (Å²) >= 11 is 11.7. The molecule has 0 saturated carbocycles. The normalized spacial score (nSPS) is 11.0. The van der Waals surface area contributed by atoms with E-state index >= 15 is 0 Å². The minimum atomic E-state index is -1.82. The van der Waals surface area contributed by atoms with Gasteiger partial charge in [0.15, 0.2) is 0 Å². The van der Waals surface area contributed by atoms with E-state index in [9.17, 15) is 0 Å². The highest BCUT2D eigenvalue weighted by molar-refractivity contribution is 6.35. The van der Waals surface area contributed by atoms with Gasteiger partial charge in [-0.3, -0.25) is 0 Å². The quantitative estimate of drug-likeness (QED) is 0.735. The second kappa shape index (κ2) is 9.41. The highest BCUT2D eigenvalue weighted by Gasteiger charge is 2.04. The van der Waals surface area contributed by atoms with Crippen LogP contribution in [-0.2, 0) is 9.59 Å². The molecular formula is C12H15Cl2NO5. The topological polar surface area (TPSA) is 95.9 Å². The van der Waals surface area contributed by atoms with Crippen LogP contribution in [0.2, 0.25) is 10.0 Å². The van der Waals surface area contributed by atoms with E-state index in [2.05, 4.69) is 5.32 Å². The molecule has 1 aromatic rings. The molecule has 112 valence electrons. The number of halogens is 2. The largest absolute Gasteiger partial charge is 0.490 e. The van der Waals surface area contributed by atoms with Crippen molar-refractivity contribution in [1.82, 2.24) is 5.32 Å². The SMILES string of the molecule is CNC(C)COc1ccc(Cl)cc1Cl.O=C(O)C(=O)O. The third-order valence-corrected chi connectivity index (χ3v) is 2.59. The number of carbonyl (C=O) groups is 2. The van der Waals surface area contributed by atoms with Crippen molar-refractivity contribution in [3.63, 3.8) is 0 Å². The zero-order chi connectivity index (χ0) is 15.7. The van der Waals surface area contributed by atoms with E-state index in [0.29, 0.717) is 28.4 Å². The minimum Gasteiger partial charge on any atom is -0.490 e. The van der Waals surface area contributed by atoms with Gasteiger partial charge in [-0.15, -0.1) is 0 Å². The Labute approximate surface area is 126 Å². The number of nitrogens with one attached hydrogen (secondary N) is 1. The molecule has 0 radical (unpaired) electrons. The van der Waals surface area contributed by atoms with Gasteiger partial charge >= 0.3 is 11.9 Å². The van der Waals surface area contributed by atoms with Crippen molar-refractivity contribution in [3.05, 3.63) is 28.2 Å². The predicted octanol–water partition coefficient (Wildman–Crippen LogP) is 2.14. The molecule has 3 N–H and O–H groups in total. The average Bonchev–Trinajstić information content (AvgIpc) is 2.37. The summed E-state index contributed by atoms with van der Waals surface area (Å²) in [5.74, 6) is -2.98. The maximum absolute atomic E-state index is 9.10. The van der Waals surface area contributed by atoms with Crippen LogP contribution in [0, 0.1) is 0 Å². The molecule has 0 heterocycles. The molecule has 0 amide bonds. The minimum absolute atomic E-state index is 0.293. The van der Waals surface area contributed by atoms with Crippen LogP contribution >= 0.6 is 23.2 Å². The first kappa shape index (κ1) is 18.5. The Bertz CT molecular complexity index is 455. The van der Waals surface area contributed by atoms with Crippen molar-refractivity contribution in [2.24, 2.45) is 0 Å². The number of likely N-dealkylation sites (N-methyl/N-ethyl adjacent to an activating group) is 1. The fraction of sp³-hybridized carbons (Fsp3) is 0.333. The second-order valence-corrected chi connectivity index (χ2v) is 4.53. The first-order valence-electron chi connectivity index (χ1n) is 5.49. The fourth-order valence-electron chi connectivity index (χ4n) is 0.890. The molecule has 20 heavy (non-hydrogen) atoms. The summed E-state index contributed by atoms with van der Waals surface area (Å²) in [7, 11) is 1.89. The Kier molecular flexibility index (Phi) is 8.71. The van der Waals surface area contributed by atoms with Crippen LogP contribution in [0.15, 0.2) is 18.2 Å². The second-order valence-electron chi connectivity index (χ2n) is 3.69. The van der Waals surface area contributed by atoms with Crippen molar-refractivity contribution in [2.75, 3.05) is 13.7 Å².